The second kappa shape index (κ2) is 4.40. The van der Waals surface area contributed by atoms with Crippen molar-refractivity contribution in [2.24, 2.45) is 11.3 Å². The predicted octanol–water partition coefficient (Wildman–Crippen LogP) is 0.953. The van der Waals surface area contributed by atoms with Crippen molar-refractivity contribution < 1.29 is 4.74 Å². The third-order valence-corrected chi connectivity index (χ3v) is 4.29. The van der Waals surface area contributed by atoms with Gasteiger partial charge in [-0.05, 0) is 19.4 Å². The molecule has 0 aliphatic carbocycles. The SMILES string of the molecule is CC(C)C1(CC2CNCCN2C)COC1. The molecule has 0 bridgehead atoms. The highest BCUT2D eigenvalue weighted by molar-refractivity contribution is 4.94. The minimum atomic E-state index is 0.456. The average Bonchev–Trinajstić information content (AvgIpc) is 2.13. The van der Waals surface area contributed by atoms with Crippen LogP contribution < -0.4 is 5.32 Å². The Bertz CT molecular complexity index is 214. The highest BCUT2D eigenvalue weighted by Gasteiger charge is 2.43. The molecule has 88 valence electrons. The molecule has 0 amide bonds. The van der Waals surface area contributed by atoms with Gasteiger partial charge in [-0.15, -0.1) is 0 Å². The zero-order valence-corrected chi connectivity index (χ0v) is 10.3. The van der Waals surface area contributed by atoms with E-state index in [4.69, 9.17) is 4.74 Å². The number of likely N-dealkylation sites (N-methyl/N-ethyl adjacent to an activating group) is 1. The third-order valence-electron chi connectivity index (χ3n) is 4.29. The first kappa shape index (κ1) is 11.4. The Kier molecular flexibility index (Phi) is 3.33. The van der Waals surface area contributed by atoms with Crippen molar-refractivity contribution in [2.75, 3.05) is 39.9 Å². The molecule has 0 aromatic carbocycles. The number of nitrogens with zero attached hydrogens (tertiary/aromatic N) is 1. The van der Waals surface area contributed by atoms with E-state index in [0.717, 1.165) is 32.2 Å². The van der Waals surface area contributed by atoms with Gasteiger partial charge in [0, 0.05) is 31.1 Å². The summed E-state index contributed by atoms with van der Waals surface area (Å²) in [5, 5.41) is 3.49. The summed E-state index contributed by atoms with van der Waals surface area (Å²) in [6, 6.07) is 0.699. The number of ether oxygens (including phenoxy) is 1. The number of piperazine rings is 1. The standard InChI is InChI=1S/C12H24N2O/c1-10(2)12(8-15-9-12)6-11-7-13-4-5-14(11)3/h10-11,13H,4-9H2,1-3H3. The molecule has 1 unspecified atom stereocenters. The lowest BCUT2D eigenvalue weighted by Crippen LogP contribution is -2.56. The minimum Gasteiger partial charge on any atom is -0.380 e. The van der Waals surface area contributed by atoms with Crippen molar-refractivity contribution in [3.05, 3.63) is 0 Å². The molecule has 15 heavy (non-hydrogen) atoms. The number of rotatable bonds is 3. The first-order valence-corrected chi connectivity index (χ1v) is 6.13. The van der Waals surface area contributed by atoms with Crippen LogP contribution >= 0.6 is 0 Å². The van der Waals surface area contributed by atoms with Crippen LogP contribution in [0.15, 0.2) is 0 Å². The number of nitrogens with one attached hydrogen (secondary N) is 1. The van der Waals surface area contributed by atoms with Crippen LogP contribution in [0.3, 0.4) is 0 Å². The Morgan fingerprint density at radius 3 is 2.67 bits per heavy atom. The van der Waals surface area contributed by atoms with Gasteiger partial charge in [0.25, 0.3) is 0 Å². The lowest BCUT2D eigenvalue weighted by Gasteiger charge is -2.49. The largest absolute Gasteiger partial charge is 0.380 e. The van der Waals surface area contributed by atoms with Gasteiger partial charge >= 0.3 is 0 Å². The molecule has 3 nitrogen and oxygen atoms in total. The van der Waals surface area contributed by atoms with E-state index in [-0.39, 0.29) is 0 Å². The van der Waals surface area contributed by atoms with Crippen molar-refractivity contribution in [3.63, 3.8) is 0 Å². The van der Waals surface area contributed by atoms with E-state index in [2.05, 4.69) is 31.1 Å². The summed E-state index contributed by atoms with van der Waals surface area (Å²) < 4.78 is 5.44. The molecule has 1 N–H and O–H groups in total. The Morgan fingerprint density at radius 1 is 1.47 bits per heavy atom. The van der Waals surface area contributed by atoms with Crippen molar-refractivity contribution in [1.29, 1.82) is 0 Å². The van der Waals surface area contributed by atoms with Gasteiger partial charge in [0.05, 0.1) is 13.2 Å². The van der Waals surface area contributed by atoms with Gasteiger partial charge in [-0.2, -0.15) is 0 Å². The summed E-state index contributed by atoms with van der Waals surface area (Å²) in [6.07, 6.45) is 1.29. The molecule has 2 rings (SSSR count). The van der Waals surface area contributed by atoms with E-state index in [1.165, 1.54) is 13.0 Å². The van der Waals surface area contributed by atoms with Crippen LogP contribution in [0.2, 0.25) is 0 Å². The molecule has 2 aliphatic heterocycles. The van der Waals surface area contributed by atoms with Crippen LogP contribution in [0.5, 0.6) is 0 Å². The lowest BCUT2D eigenvalue weighted by atomic mass is 9.70. The van der Waals surface area contributed by atoms with E-state index in [0.29, 0.717) is 11.5 Å². The summed E-state index contributed by atoms with van der Waals surface area (Å²) in [5.74, 6) is 0.738. The molecule has 0 aromatic heterocycles. The predicted molar refractivity (Wildman–Crippen MR) is 62.0 cm³/mol. The Labute approximate surface area is 93.2 Å². The van der Waals surface area contributed by atoms with E-state index >= 15 is 0 Å². The number of hydrogen-bond donors (Lipinski definition) is 1. The summed E-state index contributed by atoms with van der Waals surface area (Å²) in [5.41, 5.74) is 0.456. The summed E-state index contributed by atoms with van der Waals surface area (Å²) in [6.45, 7) is 10.1. The molecule has 3 heteroatoms. The topological polar surface area (TPSA) is 24.5 Å². The minimum absolute atomic E-state index is 0.456. The van der Waals surface area contributed by atoms with Crippen LogP contribution in [0, 0.1) is 11.3 Å². The smallest absolute Gasteiger partial charge is 0.0547 e. The molecule has 0 saturated carbocycles. The quantitative estimate of drug-likeness (QED) is 0.754. The third kappa shape index (κ3) is 2.19. The molecule has 0 radical (unpaired) electrons. The molecule has 2 heterocycles. The molecule has 1 atom stereocenters. The molecular weight excluding hydrogens is 188 g/mol. The van der Waals surface area contributed by atoms with Gasteiger partial charge in [-0.1, -0.05) is 13.8 Å². The molecule has 0 aromatic rings. The Balaban J connectivity index is 1.93. The Hall–Kier alpha value is -0.120. The van der Waals surface area contributed by atoms with Crippen LogP contribution in [0.25, 0.3) is 0 Å². The van der Waals surface area contributed by atoms with Gasteiger partial charge in [0.15, 0.2) is 0 Å². The molecule has 0 spiro atoms. The first-order valence-electron chi connectivity index (χ1n) is 6.13. The summed E-state index contributed by atoms with van der Waals surface area (Å²) in [4.78, 5) is 2.50. The van der Waals surface area contributed by atoms with Gasteiger partial charge in [0.2, 0.25) is 0 Å². The van der Waals surface area contributed by atoms with Gasteiger partial charge < -0.3 is 15.0 Å². The normalized spacial score (nSPS) is 31.6. The van der Waals surface area contributed by atoms with Crippen molar-refractivity contribution in [3.8, 4) is 0 Å². The highest BCUT2D eigenvalue weighted by Crippen LogP contribution is 2.40. The second-order valence-corrected chi connectivity index (χ2v) is 5.55. The van der Waals surface area contributed by atoms with Gasteiger partial charge in [-0.3, -0.25) is 0 Å². The fourth-order valence-electron chi connectivity index (χ4n) is 2.61. The maximum Gasteiger partial charge on any atom is 0.0547 e. The molecule has 2 aliphatic rings. The van der Waals surface area contributed by atoms with Crippen LogP contribution in [0.4, 0.5) is 0 Å². The first-order chi connectivity index (χ1) is 7.14. The van der Waals surface area contributed by atoms with E-state index in [1.807, 2.05) is 0 Å². The molecule has 2 fully saturated rings. The van der Waals surface area contributed by atoms with E-state index in [1.54, 1.807) is 0 Å². The highest BCUT2D eigenvalue weighted by atomic mass is 16.5. The average molecular weight is 212 g/mol. The molecular formula is C12H24N2O. The van der Waals surface area contributed by atoms with Crippen LogP contribution in [0.1, 0.15) is 20.3 Å². The fourth-order valence-corrected chi connectivity index (χ4v) is 2.61. The Morgan fingerprint density at radius 2 is 2.20 bits per heavy atom. The van der Waals surface area contributed by atoms with Gasteiger partial charge in [-0.25, -0.2) is 0 Å². The van der Waals surface area contributed by atoms with Crippen molar-refractivity contribution in [2.45, 2.75) is 26.3 Å². The molecule has 2 saturated heterocycles. The maximum atomic E-state index is 5.44. The van der Waals surface area contributed by atoms with Gasteiger partial charge in [0.1, 0.15) is 0 Å². The fraction of sp³-hybridized carbons (Fsp3) is 1.00. The zero-order valence-electron chi connectivity index (χ0n) is 10.3. The summed E-state index contributed by atoms with van der Waals surface area (Å²) in [7, 11) is 2.25. The number of hydrogen-bond acceptors (Lipinski definition) is 3. The lowest BCUT2D eigenvalue weighted by molar-refractivity contribution is -0.152. The second-order valence-electron chi connectivity index (χ2n) is 5.55. The van der Waals surface area contributed by atoms with E-state index < -0.39 is 0 Å². The maximum absolute atomic E-state index is 5.44. The van der Waals surface area contributed by atoms with Crippen molar-refractivity contribution >= 4 is 0 Å². The van der Waals surface area contributed by atoms with Crippen molar-refractivity contribution in [1.82, 2.24) is 10.2 Å². The van der Waals surface area contributed by atoms with E-state index in [9.17, 15) is 0 Å². The van der Waals surface area contributed by atoms with Crippen LogP contribution in [-0.4, -0.2) is 50.8 Å². The summed E-state index contributed by atoms with van der Waals surface area (Å²) >= 11 is 0. The monoisotopic (exact) mass is 212 g/mol. The zero-order chi connectivity index (χ0) is 10.9. The van der Waals surface area contributed by atoms with Crippen LogP contribution in [-0.2, 0) is 4.74 Å².